The Balaban J connectivity index is 1.84. The summed E-state index contributed by atoms with van der Waals surface area (Å²) in [5, 5.41) is 11.6. The van der Waals surface area contributed by atoms with Crippen LogP contribution in [0.3, 0.4) is 0 Å². The first-order valence-electron chi connectivity index (χ1n) is 10.9. The van der Waals surface area contributed by atoms with E-state index in [1.165, 1.54) is 0 Å². The van der Waals surface area contributed by atoms with Crippen LogP contribution in [0.15, 0.2) is 59.9 Å². The van der Waals surface area contributed by atoms with Gasteiger partial charge in [0, 0.05) is 12.6 Å². The summed E-state index contributed by atoms with van der Waals surface area (Å²) in [6.45, 7) is 3.40. The third-order valence-electron chi connectivity index (χ3n) is 5.48. The topological polar surface area (TPSA) is 68.2 Å². The first-order valence-corrected chi connectivity index (χ1v) is 11.2. The van der Waals surface area contributed by atoms with E-state index in [0.29, 0.717) is 48.9 Å². The van der Waals surface area contributed by atoms with Crippen molar-refractivity contribution in [1.82, 2.24) is 0 Å². The number of halogens is 1. The molecule has 2 aromatic rings. The third kappa shape index (κ3) is 5.96. The molecule has 172 valence electrons. The van der Waals surface area contributed by atoms with E-state index < -0.39 is 12.0 Å². The number of hydrogen-bond donors (Lipinski definition) is 1. The number of carbonyl (C=O) groups excluding carboxylic acids is 1. The molecule has 1 unspecified atom stereocenters. The van der Waals surface area contributed by atoms with E-state index in [0.717, 1.165) is 17.7 Å². The van der Waals surface area contributed by atoms with Crippen molar-refractivity contribution in [2.75, 3.05) is 31.8 Å². The molecule has 0 heterocycles. The van der Waals surface area contributed by atoms with Gasteiger partial charge in [0.15, 0.2) is 0 Å². The lowest BCUT2D eigenvalue weighted by Crippen LogP contribution is -2.42. The van der Waals surface area contributed by atoms with Crippen molar-refractivity contribution in [3.63, 3.8) is 0 Å². The summed E-state index contributed by atoms with van der Waals surface area (Å²) in [7, 11) is 1.59. The summed E-state index contributed by atoms with van der Waals surface area (Å²) < 4.78 is 16.4. The molecule has 6 nitrogen and oxygen atoms in total. The normalized spacial score (nSPS) is 16.0. The van der Waals surface area contributed by atoms with Crippen molar-refractivity contribution in [3.05, 3.63) is 70.4 Å². The predicted octanol–water partition coefficient (Wildman–Crippen LogP) is 5.30. The van der Waals surface area contributed by atoms with Crippen LogP contribution in [0.1, 0.15) is 31.7 Å². The van der Waals surface area contributed by atoms with E-state index in [9.17, 15) is 9.90 Å². The van der Waals surface area contributed by atoms with Crippen LogP contribution in [-0.2, 0) is 20.9 Å². The average molecular weight is 460 g/mol. The van der Waals surface area contributed by atoms with Crippen LogP contribution in [0.5, 0.6) is 5.75 Å². The van der Waals surface area contributed by atoms with Gasteiger partial charge in [-0.15, -0.1) is 0 Å². The summed E-state index contributed by atoms with van der Waals surface area (Å²) in [5.74, 6) is 0.230. The Kier molecular flexibility index (Phi) is 8.82. The van der Waals surface area contributed by atoms with Crippen LogP contribution >= 0.6 is 11.6 Å². The van der Waals surface area contributed by atoms with Crippen LogP contribution < -0.4 is 9.64 Å². The summed E-state index contributed by atoms with van der Waals surface area (Å²) in [6.07, 6.45) is 1.93. The Morgan fingerprint density at radius 3 is 2.72 bits per heavy atom. The second kappa shape index (κ2) is 11.8. The van der Waals surface area contributed by atoms with Gasteiger partial charge in [-0.05, 0) is 43.9 Å². The number of benzene rings is 2. The van der Waals surface area contributed by atoms with Crippen molar-refractivity contribution in [3.8, 4) is 5.75 Å². The van der Waals surface area contributed by atoms with Gasteiger partial charge < -0.3 is 24.2 Å². The third-order valence-corrected chi connectivity index (χ3v) is 5.80. The lowest BCUT2D eigenvalue weighted by Gasteiger charge is -2.36. The molecule has 1 aliphatic carbocycles. The van der Waals surface area contributed by atoms with Gasteiger partial charge in [0.2, 0.25) is 0 Å². The summed E-state index contributed by atoms with van der Waals surface area (Å²) in [4.78, 5) is 14.4. The zero-order valence-corrected chi connectivity index (χ0v) is 19.3. The summed E-state index contributed by atoms with van der Waals surface area (Å²) >= 11 is 6.54. The molecule has 2 aromatic carbocycles. The first-order chi connectivity index (χ1) is 15.5. The molecule has 0 bridgehead atoms. The van der Waals surface area contributed by atoms with Gasteiger partial charge in [0.05, 0.1) is 49.3 Å². The lowest BCUT2D eigenvalue weighted by molar-refractivity contribution is -0.139. The van der Waals surface area contributed by atoms with Crippen molar-refractivity contribution < 1.29 is 24.1 Å². The molecule has 0 saturated heterocycles. The van der Waals surface area contributed by atoms with Crippen LogP contribution in [0, 0.1) is 0 Å². The molecule has 1 N–H and O–H groups in total. The quantitative estimate of drug-likeness (QED) is 0.384. The minimum atomic E-state index is -0.466. The molecular formula is C25H30ClNO5. The molecule has 0 amide bonds. The van der Waals surface area contributed by atoms with E-state index >= 15 is 0 Å². The van der Waals surface area contributed by atoms with Gasteiger partial charge in [-0.1, -0.05) is 41.9 Å². The highest BCUT2D eigenvalue weighted by atomic mass is 35.5. The van der Waals surface area contributed by atoms with Crippen molar-refractivity contribution in [2.45, 2.75) is 38.8 Å². The molecule has 32 heavy (non-hydrogen) atoms. The highest BCUT2D eigenvalue weighted by molar-refractivity contribution is 6.33. The number of aliphatic hydroxyl groups excluding tert-OH is 1. The molecule has 1 aliphatic rings. The van der Waals surface area contributed by atoms with Gasteiger partial charge in [-0.3, -0.25) is 0 Å². The van der Waals surface area contributed by atoms with Crippen LogP contribution in [0.25, 0.3) is 0 Å². The van der Waals surface area contributed by atoms with Crippen molar-refractivity contribution >= 4 is 23.3 Å². The van der Waals surface area contributed by atoms with Gasteiger partial charge in [-0.2, -0.15) is 0 Å². The maximum atomic E-state index is 12.4. The number of rotatable bonds is 10. The molecule has 1 atom stereocenters. The molecule has 0 fully saturated rings. The number of aliphatic hydroxyl groups is 1. The average Bonchev–Trinajstić information content (AvgIpc) is 2.81. The number of nitrogens with zero attached hydrogens (tertiary/aromatic N) is 1. The molecule has 0 saturated carbocycles. The number of carbonyl (C=O) groups is 1. The SMILES string of the molecule is CCOC(=O)C1=C(O)C(N(CCOCc2ccccc2)c2cc(OC)ccc2Cl)CCC1. The summed E-state index contributed by atoms with van der Waals surface area (Å²) in [5.41, 5.74) is 2.14. The minimum Gasteiger partial charge on any atom is -0.510 e. The Morgan fingerprint density at radius 2 is 2.00 bits per heavy atom. The Labute approximate surface area is 194 Å². The molecule has 7 heteroatoms. The molecule has 0 aliphatic heterocycles. The van der Waals surface area contributed by atoms with Crippen LogP contribution in [-0.4, -0.2) is 44.0 Å². The smallest absolute Gasteiger partial charge is 0.337 e. The predicted molar refractivity (Wildman–Crippen MR) is 125 cm³/mol. The highest BCUT2D eigenvalue weighted by Gasteiger charge is 2.32. The largest absolute Gasteiger partial charge is 0.510 e. The van der Waals surface area contributed by atoms with Gasteiger partial charge in [0.1, 0.15) is 11.5 Å². The number of ether oxygens (including phenoxy) is 3. The fourth-order valence-corrected chi connectivity index (χ4v) is 4.10. The van der Waals surface area contributed by atoms with E-state index in [1.54, 1.807) is 26.2 Å². The lowest BCUT2D eigenvalue weighted by atomic mass is 9.92. The Bertz CT molecular complexity index is 931. The van der Waals surface area contributed by atoms with Crippen LogP contribution in [0.2, 0.25) is 5.02 Å². The van der Waals surface area contributed by atoms with Gasteiger partial charge in [-0.25, -0.2) is 4.79 Å². The second-order valence-corrected chi connectivity index (χ2v) is 7.95. The van der Waals surface area contributed by atoms with Gasteiger partial charge >= 0.3 is 5.97 Å². The highest BCUT2D eigenvalue weighted by Crippen LogP contribution is 2.36. The fourth-order valence-electron chi connectivity index (χ4n) is 3.88. The number of esters is 1. The van der Waals surface area contributed by atoms with E-state index in [1.807, 2.05) is 41.3 Å². The molecular weight excluding hydrogens is 430 g/mol. The molecule has 3 rings (SSSR count). The van der Waals surface area contributed by atoms with E-state index in [4.69, 9.17) is 25.8 Å². The van der Waals surface area contributed by atoms with Gasteiger partial charge in [0.25, 0.3) is 0 Å². The van der Waals surface area contributed by atoms with Crippen molar-refractivity contribution in [2.24, 2.45) is 0 Å². The standard InChI is InChI=1S/C25H30ClNO5/c1-3-32-25(29)20-10-7-11-22(24(20)28)27(23-16-19(30-2)12-13-21(23)26)14-15-31-17-18-8-5-4-6-9-18/h4-6,8-9,12-13,16,22,28H,3,7,10-11,14-15,17H2,1-2H3. The zero-order valence-electron chi connectivity index (χ0n) is 18.6. The van der Waals surface area contributed by atoms with Crippen LogP contribution in [0.4, 0.5) is 5.69 Å². The molecule has 0 aromatic heterocycles. The monoisotopic (exact) mass is 459 g/mol. The minimum absolute atomic E-state index is 0.0386. The maximum Gasteiger partial charge on any atom is 0.337 e. The van der Waals surface area contributed by atoms with E-state index in [2.05, 4.69) is 0 Å². The number of hydrogen-bond acceptors (Lipinski definition) is 6. The Morgan fingerprint density at radius 1 is 1.22 bits per heavy atom. The summed E-state index contributed by atoms with van der Waals surface area (Å²) in [6, 6.07) is 14.9. The van der Waals surface area contributed by atoms with E-state index in [-0.39, 0.29) is 12.4 Å². The zero-order chi connectivity index (χ0) is 22.9. The maximum absolute atomic E-state index is 12.4. The molecule has 0 spiro atoms. The second-order valence-electron chi connectivity index (χ2n) is 7.54. The first kappa shape index (κ1) is 24.0. The number of methoxy groups -OCH3 is 1. The Hall–Kier alpha value is -2.70. The number of anilines is 1. The fraction of sp³-hybridized carbons (Fsp3) is 0.400. The molecule has 0 radical (unpaired) electrons. The van der Waals surface area contributed by atoms with Crippen molar-refractivity contribution in [1.29, 1.82) is 0 Å².